The number of ether oxygens (including phenoxy) is 2. The molecule has 0 radical (unpaired) electrons. The first-order valence-corrected chi connectivity index (χ1v) is 6.39. The van der Waals surface area contributed by atoms with E-state index in [4.69, 9.17) is 14.6 Å². The summed E-state index contributed by atoms with van der Waals surface area (Å²) in [5.41, 5.74) is 0. The summed E-state index contributed by atoms with van der Waals surface area (Å²) < 4.78 is 10.9. The van der Waals surface area contributed by atoms with Crippen molar-refractivity contribution in [2.75, 3.05) is 26.4 Å². The molecule has 1 fully saturated rings. The third-order valence-corrected chi connectivity index (χ3v) is 2.87. The molecular formula is C12H23NO4. The quantitative estimate of drug-likeness (QED) is 0.668. The molecule has 0 aliphatic carbocycles. The third-order valence-electron chi connectivity index (χ3n) is 2.87. The van der Waals surface area contributed by atoms with Crippen LogP contribution in [0.3, 0.4) is 0 Å². The third kappa shape index (κ3) is 6.00. The minimum absolute atomic E-state index is 0.240. The van der Waals surface area contributed by atoms with Gasteiger partial charge in [0.2, 0.25) is 0 Å². The largest absolute Gasteiger partial charge is 0.480 e. The van der Waals surface area contributed by atoms with Crippen molar-refractivity contribution in [2.45, 2.75) is 44.8 Å². The smallest absolute Gasteiger partial charge is 0.320 e. The molecule has 1 aliphatic heterocycles. The Balaban J connectivity index is 2.14. The number of aliphatic carboxylic acids is 1. The zero-order valence-corrected chi connectivity index (χ0v) is 10.5. The molecule has 0 aromatic carbocycles. The van der Waals surface area contributed by atoms with E-state index in [0.29, 0.717) is 13.0 Å². The van der Waals surface area contributed by atoms with Gasteiger partial charge in [0.25, 0.3) is 0 Å². The van der Waals surface area contributed by atoms with Crippen molar-refractivity contribution in [3.05, 3.63) is 0 Å². The van der Waals surface area contributed by atoms with Crippen molar-refractivity contribution in [2.24, 2.45) is 0 Å². The van der Waals surface area contributed by atoms with Crippen LogP contribution >= 0.6 is 0 Å². The van der Waals surface area contributed by atoms with E-state index in [1.54, 1.807) is 0 Å². The van der Waals surface area contributed by atoms with E-state index in [1.165, 1.54) is 0 Å². The highest BCUT2D eigenvalue weighted by Gasteiger charge is 2.18. The first-order chi connectivity index (χ1) is 8.24. The number of hydrogen-bond donors (Lipinski definition) is 2. The van der Waals surface area contributed by atoms with E-state index in [-0.39, 0.29) is 6.10 Å². The maximum Gasteiger partial charge on any atom is 0.320 e. The molecule has 1 aliphatic rings. The lowest BCUT2D eigenvalue weighted by molar-refractivity contribution is -0.140. The molecule has 0 aromatic rings. The lowest BCUT2D eigenvalue weighted by Gasteiger charge is -2.23. The predicted octanol–water partition coefficient (Wildman–Crippen LogP) is 1.02. The van der Waals surface area contributed by atoms with Gasteiger partial charge in [-0.3, -0.25) is 4.79 Å². The van der Waals surface area contributed by atoms with Crippen molar-refractivity contribution in [3.63, 3.8) is 0 Å². The molecule has 0 saturated carbocycles. The van der Waals surface area contributed by atoms with Gasteiger partial charge in [-0.2, -0.15) is 0 Å². The predicted molar refractivity (Wildman–Crippen MR) is 64.1 cm³/mol. The van der Waals surface area contributed by atoms with Gasteiger partial charge in [-0.15, -0.1) is 0 Å². The zero-order chi connectivity index (χ0) is 12.5. The van der Waals surface area contributed by atoms with Gasteiger partial charge in [0, 0.05) is 19.8 Å². The summed E-state index contributed by atoms with van der Waals surface area (Å²) in [7, 11) is 0. The minimum atomic E-state index is -0.797. The molecule has 1 unspecified atom stereocenters. The van der Waals surface area contributed by atoms with Crippen LogP contribution in [0.25, 0.3) is 0 Å². The van der Waals surface area contributed by atoms with Crippen LogP contribution in [0.2, 0.25) is 0 Å². The number of rotatable bonds is 8. The Morgan fingerprint density at radius 1 is 1.53 bits per heavy atom. The molecule has 0 bridgehead atoms. The van der Waals surface area contributed by atoms with Crippen molar-refractivity contribution in [1.29, 1.82) is 0 Å². The van der Waals surface area contributed by atoms with Gasteiger partial charge in [-0.05, 0) is 32.2 Å². The van der Waals surface area contributed by atoms with Gasteiger partial charge in [0.05, 0.1) is 6.10 Å². The molecule has 100 valence electrons. The summed E-state index contributed by atoms with van der Waals surface area (Å²) in [6.45, 7) is 4.75. The standard InChI is InChI=1S/C12H23NO4/c1-2-6-13-11(12(14)15)5-9-17-10-3-7-16-8-4-10/h10-11,13H,2-9H2,1H3,(H,14,15). The van der Waals surface area contributed by atoms with E-state index in [9.17, 15) is 4.79 Å². The van der Waals surface area contributed by atoms with E-state index in [0.717, 1.165) is 39.0 Å². The molecule has 5 nitrogen and oxygen atoms in total. The fraction of sp³-hybridized carbons (Fsp3) is 0.917. The van der Waals surface area contributed by atoms with Crippen LogP contribution in [0, 0.1) is 0 Å². The van der Waals surface area contributed by atoms with Crippen LogP contribution in [0.1, 0.15) is 32.6 Å². The van der Waals surface area contributed by atoms with Crippen molar-refractivity contribution in [1.82, 2.24) is 5.32 Å². The lowest BCUT2D eigenvalue weighted by Crippen LogP contribution is -2.38. The normalized spacial score (nSPS) is 19.1. The lowest BCUT2D eigenvalue weighted by atomic mass is 10.1. The molecule has 1 atom stereocenters. The second-order valence-corrected chi connectivity index (χ2v) is 4.32. The summed E-state index contributed by atoms with van der Waals surface area (Å²) >= 11 is 0. The highest BCUT2D eigenvalue weighted by molar-refractivity contribution is 5.73. The fourth-order valence-electron chi connectivity index (χ4n) is 1.83. The Bertz CT molecular complexity index is 217. The summed E-state index contributed by atoms with van der Waals surface area (Å²) in [5.74, 6) is -0.797. The Labute approximate surface area is 102 Å². The van der Waals surface area contributed by atoms with Gasteiger partial charge in [-0.25, -0.2) is 0 Å². The topological polar surface area (TPSA) is 67.8 Å². The van der Waals surface area contributed by atoms with Crippen LogP contribution in [0.5, 0.6) is 0 Å². The van der Waals surface area contributed by atoms with E-state index in [1.807, 2.05) is 6.92 Å². The van der Waals surface area contributed by atoms with Crippen molar-refractivity contribution >= 4 is 5.97 Å². The number of carbonyl (C=O) groups is 1. The van der Waals surface area contributed by atoms with E-state index < -0.39 is 12.0 Å². The average molecular weight is 245 g/mol. The molecule has 0 aromatic heterocycles. The van der Waals surface area contributed by atoms with Crippen molar-refractivity contribution < 1.29 is 19.4 Å². The van der Waals surface area contributed by atoms with Crippen molar-refractivity contribution in [3.8, 4) is 0 Å². The average Bonchev–Trinajstić information content (AvgIpc) is 2.34. The molecule has 0 spiro atoms. The Hall–Kier alpha value is -0.650. The number of nitrogens with one attached hydrogen (secondary N) is 1. The SMILES string of the molecule is CCCNC(CCOC1CCOCC1)C(=O)O. The minimum Gasteiger partial charge on any atom is -0.480 e. The maximum absolute atomic E-state index is 10.9. The highest BCUT2D eigenvalue weighted by atomic mass is 16.5. The summed E-state index contributed by atoms with van der Waals surface area (Å²) in [5, 5.41) is 12.0. The summed E-state index contributed by atoms with van der Waals surface area (Å²) in [4.78, 5) is 10.9. The molecule has 5 heteroatoms. The number of carboxylic acid groups (broad SMARTS) is 1. The first-order valence-electron chi connectivity index (χ1n) is 6.39. The van der Waals surface area contributed by atoms with E-state index >= 15 is 0 Å². The Morgan fingerprint density at radius 3 is 2.82 bits per heavy atom. The van der Waals surface area contributed by atoms with Gasteiger partial charge in [-0.1, -0.05) is 6.92 Å². The second-order valence-electron chi connectivity index (χ2n) is 4.32. The Kier molecular flexibility index (Phi) is 7.16. The molecular weight excluding hydrogens is 222 g/mol. The molecule has 1 rings (SSSR count). The Morgan fingerprint density at radius 2 is 2.24 bits per heavy atom. The highest BCUT2D eigenvalue weighted by Crippen LogP contribution is 2.11. The number of carboxylic acids is 1. The van der Waals surface area contributed by atoms with Crippen LogP contribution < -0.4 is 5.32 Å². The van der Waals surface area contributed by atoms with Gasteiger partial charge >= 0.3 is 5.97 Å². The molecule has 0 amide bonds. The zero-order valence-electron chi connectivity index (χ0n) is 10.5. The maximum atomic E-state index is 10.9. The molecule has 1 heterocycles. The number of hydrogen-bond acceptors (Lipinski definition) is 4. The van der Waals surface area contributed by atoms with Crippen LogP contribution in [-0.4, -0.2) is 49.6 Å². The van der Waals surface area contributed by atoms with E-state index in [2.05, 4.69) is 5.32 Å². The van der Waals surface area contributed by atoms with Crippen LogP contribution in [0.4, 0.5) is 0 Å². The first kappa shape index (κ1) is 14.4. The molecule has 2 N–H and O–H groups in total. The summed E-state index contributed by atoms with van der Waals surface area (Å²) in [6.07, 6.45) is 3.53. The molecule has 1 saturated heterocycles. The van der Waals surface area contributed by atoms with Gasteiger partial charge in [0.1, 0.15) is 6.04 Å². The monoisotopic (exact) mass is 245 g/mol. The van der Waals surface area contributed by atoms with Crippen LogP contribution in [-0.2, 0) is 14.3 Å². The second kappa shape index (κ2) is 8.44. The summed E-state index contributed by atoms with van der Waals surface area (Å²) in [6, 6.07) is -0.491. The molecule has 17 heavy (non-hydrogen) atoms. The van der Waals surface area contributed by atoms with Gasteiger partial charge in [0.15, 0.2) is 0 Å². The van der Waals surface area contributed by atoms with Crippen LogP contribution in [0.15, 0.2) is 0 Å². The fourth-order valence-corrected chi connectivity index (χ4v) is 1.83. The van der Waals surface area contributed by atoms with Gasteiger partial charge < -0.3 is 19.9 Å².